The average molecular weight is 516 g/mol. The number of pyridine rings is 1. The Morgan fingerprint density at radius 1 is 1.11 bits per heavy atom. The number of fused-ring (bicyclic) bond motifs is 1. The largest absolute Gasteiger partial charge is 0.384 e. The second kappa shape index (κ2) is 11.6. The zero-order valence-corrected chi connectivity index (χ0v) is 21.3. The van der Waals surface area contributed by atoms with E-state index in [0.717, 1.165) is 17.1 Å². The van der Waals surface area contributed by atoms with Gasteiger partial charge in [0.05, 0.1) is 17.9 Å². The number of likely N-dealkylation sites (N-methyl/N-ethyl adjacent to an activating group) is 1. The number of anilines is 4. The number of hydrogen-bond donors (Lipinski definition) is 6. The smallest absolute Gasteiger partial charge is 0.276 e. The topological polar surface area (TPSA) is 165 Å². The van der Waals surface area contributed by atoms with Crippen molar-refractivity contribution in [1.29, 1.82) is 5.41 Å². The number of hydrogen-bond acceptors (Lipinski definition) is 8. The van der Waals surface area contributed by atoms with Crippen LogP contribution in [0.4, 0.5) is 22.9 Å². The summed E-state index contributed by atoms with van der Waals surface area (Å²) in [5.74, 6) is -0.0369. The number of amides is 2. The third-order valence-electron chi connectivity index (χ3n) is 6.48. The Hall–Kier alpha value is -4.64. The van der Waals surface area contributed by atoms with E-state index in [1.165, 1.54) is 4.90 Å². The van der Waals surface area contributed by atoms with Gasteiger partial charge in [-0.15, -0.1) is 0 Å². The predicted molar refractivity (Wildman–Crippen MR) is 150 cm³/mol. The minimum Gasteiger partial charge on any atom is -0.384 e. The van der Waals surface area contributed by atoms with Crippen molar-refractivity contribution >= 4 is 40.5 Å². The van der Waals surface area contributed by atoms with Gasteiger partial charge >= 0.3 is 0 Å². The van der Waals surface area contributed by atoms with E-state index in [0.29, 0.717) is 24.5 Å². The number of para-hydroxylation sites is 2. The summed E-state index contributed by atoms with van der Waals surface area (Å²) in [6.45, 7) is 1.03. The minimum absolute atomic E-state index is 0.0163. The van der Waals surface area contributed by atoms with Crippen molar-refractivity contribution in [1.82, 2.24) is 10.3 Å². The van der Waals surface area contributed by atoms with Gasteiger partial charge in [-0.2, -0.15) is 0 Å². The fraction of sp³-hybridized carbons (Fsp3) is 0.259. The van der Waals surface area contributed by atoms with Crippen LogP contribution in [-0.2, 0) is 9.59 Å². The number of nitrogen functional groups attached to an aromatic ring is 1. The Balaban J connectivity index is 1.66. The molecular formula is C27H33N9O2. The molecule has 11 heteroatoms. The molecule has 0 aliphatic carbocycles. The van der Waals surface area contributed by atoms with Crippen LogP contribution in [0.3, 0.4) is 0 Å². The lowest BCUT2D eigenvalue weighted by Gasteiger charge is -2.40. The normalized spacial score (nSPS) is 15.8. The summed E-state index contributed by atoms with van der Waals surface area (Å²) >= 11 is 0. The number of nitrogens with one attached hydrogen (secondary N) is 4. The van der Waals surface area contributed by atoms with Crippen LogP contribution < -0.4 is 37.2 Å². The molecule has 1 aliphatic rings. The molecule has 1 aliphatic heterocycles. The Kier molecular flexibility index (Phi) is 8.07. The van der Waals surface area contributed by atoms with Crippen molar-refractivity contribution in [2.24, 2.45) is 11.5 Å². The predicted octanol–water partition coefficient (Wildman–Crippen LogP) is 1.53. The molecule has 2 aromatic carbocycles. The highest BCUT2D eigenvalue weighted by Gasteiger charge is 2.50. The third kappa shape index (κ3) is 5.52. The molecule has 0 radical (unpaired) electrons. The number of carbonyl (C=O) groups is 2. The lowest BCUT2D eigenvalue weighted by atomic mass is 10.1. The number of amidine groups is 1. The van der Waals surface area contributed by atoms with Crippen LogP contribution in [0.15, 0.2) is 72.9 Å². The van der Waals surface area contributed by atoms with Gasteiger partial charge in [0.1, 0.15) is 11.7 Å². The maximum atomic E-state index is 14.5. The van der Waals surface area contributed by atoms with Crippen LogP contribution in [0.25, 0.3) is 0 Å². The molecule has 0 bridgehead atoms. The summed E-state index contributed by atoms with van der Waals surface area (Å²) in [4.78, 5) is 34.8. The van der Waals surface area contributed by atoms with Crippen LogP contribution >= 0.6 is 0 Å². The summed E-state index contributed by atoms with van der Waals surface area (Å²) in [6, 6.07) is 20.2. The molecule has 1 aromatic heterocycles. The van der Waals surface area contributed by atoms with Gasteiger partial charge in [0.25, 0.3) is 5.91 Å². The van der Waals surface area contributed by atoms with Crippen LogP contribution in [0.5, 0.6) is 0 Å². The fourth-order valence-corrected chi connectivity index (χ4v) is 4.39. The summed E-state index contributed by atoms with van der Waals surface area (Å²) in [5.41, 5.74) is 12.9. The molecule has 0 saturated carbocycles. The first-order chi connectivity index (χ1) is 18.4. The van der Waals surface area contributed by atoms with Gasteiger partial charge < -0.3 is 32.3 Å². The Labute approximate surface area is 221 Å². The van der Waals surface area contributed by atoms with Crippen molar-refractivity contribution in [2.75, 3.05) is 53.7 Å². The van der Waals surface area contributed by atoms with Crippen molar-refractivity contribution in [3.05, 3.63) is 78.5 Å². The van der Waals surface area contributed by atoms with Gasteiger partial charge in [-0.1, -0.05) is 18.2 Å². The number of rotatable bonds is 11. The molecule has 4 rings (SSSR count). The zero-order valence-electron chi connectivity index (χ0n) is 21.3. The number of benzene rings is 2. The monoisotopic (exact) mass is 515 g/mol. The summed E-state index contributed by atoms with van der Waals surface area (Å²) in [6.07, 6.45) is 1.71. The Morgan fingerprint density at radius 3 is 2.50 bits per heavy atom. The Morgan fingerprint density at radius 2 is 1.84 bits per heavy atom. The average Bonchev–Trinajstić information content (AvgIpc) is 3.24. The fourth-order valence-electron chi connectivity index (χ4n) is 4.39. The minimum atomic E-state index is -1.23. The van der Waals surface area contributed by atoms with Crippen molar-refractivity contribution < 1.29 is 9.59 Å². The van der Waals surface area contributed by atoms with E-state index in [-0.39, 0.29) is 37.2 Å². The van der Waals surface area contributed by atoms with Crippen molar-refractivity contribution in [3.8, 4) is 0 Å². The van der Waals surface area contributed by atoms with E-state index < -0.39 is 5.66 Å². The summed E-state index contributed by atoms with van der Waals surface area (Å²) < 4.78 is 0. The molecular weight excluding hydrogens is 482 g/mol. The first-order valence-electron chi connectivity index (χ1n) is 12.3. The van der Waals surface area contributed by atoms with E-state index in [9.17, 15) is 9.59 Å². The van der Waals surface area contributed by atoms with Crippen LogP contribution in [0.1, 0.15) is 12.0 Å². The second-order valence-corrected chi connectivity index (χ2v) is 8.94. The highest BCUT2D eigenvalue weighted by Crippen LogP contribution is 2.40. The number of aromatic nitrogens is 1. The van der Waals surface area contributed by atoms with Crippen LogP contribution in [0.2, 0.25) is 0 Å². The molecule has 8 N–H and O–H groups in total. The highest BCUT2D eigenvalue weighted by molar-refractivity contribution is 6.07. The highest BCUT2D eigenvalue weighted by atomic mass is 16.2. The summed E-state index contributed by atoms with van der Waals surface area (Å²) in [5, 5.41) is 17.2. The molecule has 2 amide bonds. The molecule has 0 saturated heterocycles. The van der Waals surface area contributed by atoms with Gasteiger partial charge in [-0.25, -0.2) is 4.98 Å². The standard InChI is InChI=1S/C27H33N9O2/c1-35-22-7-3-2-6-21(22)34-27(35,18-33-20-11-9-19(10-12-20)25(29)30)26(38)36(23-8-4-5-15-31-23)17-13-24(37)32-16-14-28/h2-12,15,33-34H,13-14,16-18,28H2,1H3,(H3,29,30)(H,32,37). The quantitative estimate of drug-likeness (QED) is 0.165. The molecule has 11 nitrogen and oxygen atoms in total. The van der Waals surface area contributed by atoms with E-state index in [1.807, 2.05) is 48.3 Å². The van der Waals surface area contributed by atoms with Gasteiger partial charge in [-0.3, -0.25) is 19.9 Å². The molecule has 0 spiro atoms. The lowest BCUT2D eigenvalue weighted by Crippen LogP contribution is -2.65. The van der Waals surface area contributed by atoms with E-state index in [1.54, 1.807) is 36.5 Å². The number of carbonyl (C=O) groups excluding carboxylic acids is 2. The van der Waals surface area contributed by atoms with Crippen LogP contribution in [0, 0.1) is 5.41 Å². The SMILES string of the molecule is CN1c2ccccc2NC1(CNc1ccc(C(=N)N)cc1)C(=O)N(CCC(=O)NCCN)c1ccccn1. The molecule has 198 valence electrons. The molecule has 38 heavy (non-hydrogen) atoms. The zero-order chi connectivity index (χ0) is 27.1. The van der Waals surface area contributed by atoms with Gasteiger partial charge in [0.2, 0.25) is 11.6 Å². The molecule has 0 fully saturated rings. The van der Waals surface area contributed by atoms with E-state index in [2.05, 4.69) is 20.9 Å². The number of nitrogens with zero attached hydrogens (tertiary/aromatic N) is 3. The van der Waals surface area contributed by atoms with Gasteiger partial charge in [-0.05, 0) is 48.5 Å². The summed E-state index contributed by atoms with van der Waals surface area (Å²) in [7, 11) is 1.86. The Bertz CT molecular complexity index is 1280. The lowest BCUT2D eigenvalue weighted by molar-refractivity contribution is -0.122. The van der Waals surface area contributed by atoms with Gasteiger partial charge in [0.15, 0.2) is 0 Å². The molecule has 1 unspecified atom stereocenters. The molecule has 3 aromatic rings. The third-order valence-corrected chi connectivity index (χ3v) is 6.48. The van der Waals surface area contributed by atoms with Crippen molar-refractivity contribution in [3.63, 3.8) is 0 Å². The first kappa shape index (κ1) is 26.4. The number of nitrogens with two attached hydrogens (primary N) is 2. The van der Waals surface area contributed by atoms with E-state index in [4.69, 9.17) is 16.9 Å². The van der Waals surface area contributed by atoms with E-state index >= 15 is 0 Å². The molecule has 1 atom stereocenters. The first-order valence-corrected chi connectivity index (χ1v) is 12.3. The van der Waals surface area contributed by atoms with Crippen LogP contribution in [-0.4, -0.2) is 61.5 Å². The second-order valence-electron chi connectivity index (χ2n) is 8.94. The maximum absolute atomic E-state index is 14.5. The van der Waals surface area contributed by atoms with Gasteiger partial charge in [0, 0.05) is 50.6 Å². The van der Waals surface area contributed by atoms with Crippen molar-refractivity contribution in [2.45, 2.75) is 12.1 Å². The maximum Gasteiger partial charge on any atom is 0.276 e. The molecule has 2 heterocycles.